The molecule has 2 amide bonds. The van der Waals surface area contributed by atoms with E-state index in [0.717, 1.165) is 12.8 Å². The minimum atomic E-state index is -0.449. The molecule has 1 aliphatic heterocycles. The maximum atomic E-state index is 12.3. The number of aliphatic imine (C=N–C) groups is 1. The number of amides is 2. The number of benzene rings is 1. The molecule has 2 aliphatic rings. The fraction of sp³-hybridized carbons (Fsp3) is 0.500. The SMILES string of the molecule is COc1ccc(NC(=O)C[C@H]2SC(=NC3CCCC3)NC2=O)cc1OC. The van der Waals surface area contributed by atoms with Crippen LogP contribution in [0.2, 0.25) is 0 Å². The van der Waals surface area contributed by atoms with E-state index in [9.17, 15) is 9.59 Å². The van der Waals surface area contributed by atoms with E-state index < -0.39 is 5.25 Å². The molecule has 0 bridgehead atoms. The fourth-order valence-electron chi connectivity index (χ4n) is 3.09. The number of hydrogen-bond donors (Lipinski definition) is 2. The highest BCUT2D eigenvalue weighted by Gasteiger charge is 2.32. The Morgan fingerprint density at radius 1 is 1.27 bits per heavy atom. The van der Waals surface area contributed by atoms with E-state index >= 15 is 0 Å². The van der Waals surface area contributed by atoms with Gasteiger partial charge in [0.25, 0.3) is 0 Å². The standard InChI is InChI=1S/C18H23N3O4S/c1-24-13-8-7-12(9-14(13)25-2)19-16(22)10-15-17(23)21-18(26-15)20-11-5-3-4-6-11/h7-9,11,15H,3-6,10H2,1-2H3,(H,19,22)(H,20,21,23)/t15-/m1/s1. The molecule has 26 heavy (non-hydrogen) atoms. The van der Waals surface area contributed by atoms with Crippen LogP contribution in [0, 0.1) is 0 Å². The first-order chi connectivity index (χ1) is 12.6. The largest absolute Gasteiger partial charge is 0.493 e. The topological polar surface area (TPSA) is 89.0 Å². The molecule has 1 heterocycles. The molecule has 1 atom stereocenters. The van der Waals surface area contributed by atoms with Crippen molar-refractivity contribution in [1.29, 1.82) is 0 Å². The minimum Gasteiger partial charge on any atom is -0.493 e. The number of amidine groups is 1. The third kappa shape index (κ3) is 4.49. The second-order valence-electron chi connectivity index (χ2n) is 6.29. The molecule has 1 aromatic carbocycles. The van der Waals surface area contributed by atoms with Crippen molar-refractivity contribution in [1.82, 2.24) is 5.32 Å². The van der Waals surface area contributed by atoms with E-state index in [4.69, 9.17) is 9.47 Å². The summed E-state index contributed by atoms with van der Waals surface area (Å²) in [7, 11) is 3.09. The Morgan fingerprint density at radius 2 is 2.00 bits per heavy atom. The number of carbonyl (C=O) groups excluding carboxylic acids is 2. The van der Waals surface area contributed by atoms with Crippen LogP contribution in [0.15, 0.2) is 23.2 Å². The smallest absolute Gasteiger partial charge is 0.240 e. The quantitative estimate of drug-likeness (QED) is 0.795. The number of rotatable bonds is 6. The lowest BCUT2D eigenvalue weighted by atomic mass is 10.2. The van der Waals surface area contributed by atoms with Gasteiger partial charge in [-0.15, -0.1) is 0 Å². The molecule has 2 N–H and O–H groups in total. The molecule has 8 heteroatoms. The maximum absolute atomic E-state index is 12.3. The minimum absolute atomic E-state index is 0.0918. The van der Waals surface area contributed by atoms with Gasteiger partial charge in [0.05, 0.1) is 20.3 Å². The maximum Gasteiger partial charge on any atom is 0.240 e. The van der Waals surface area contributed by atoms with Crippen molar-refractivity contribution in [3.63, 3.8) is 0 Å². The molecule has 0 unspecified atom stereocenters. The summed E-state index contributed by atoms with van der Waals surface area (Å²) in [5.74, 6) is 0.731. The second-order valence-corrected chi connectivity index (χ2v) is 7.48. The van der Waals surface area contributed by atoms with E-state index in [1.54, 1.807) is 25.3 Å². The number of nitrogens with one attached hydrogen (secondary N) is 2. The van der Waals surface area contributed by atoms with Crippen molar-refractivity contribution in [3.05, 3.63) is 18.2 Å². The van der Waals surface area contributed by atoms with Crippen molar-refractivity contribution >= 4 is 34.4 Å². The van der Waals surface area contributed by atoms with E-state index in [-0.39, 0.29) is 18.2 Å². The molecule has 0 radical (unpaired) electrons. The molecule has 1 aromatic rings. The lowest BCUT2D eigenvalue weighted by Gasteiger charge is -2.11. The van der Waals surface area contributed by atoms with Gasteiger partial charge in [-0.05, 0) is 25.0 Å². The number of nitrogens with zero attached hydrogens (tertiary/aromatic N) is 1. The van der Waals surface area contributed by atoms with Gasteiger partial charge in [0.2, 0.25) is 11.8 Å². The summed E-state index contributed by atoms with van der Waals surface area (Å²) < 4.78 is 10.4. The van der Waals surface area contributed by atoms with Gasteiger partial charge in [-0.3, -0.25) is 14.6 Å². The second kappa shape index (κ2) is 8.44. The van der Waals surface area contributed by atoms with Gasteiger partial charge in [-0.2, -0.15) is 0 Å². The highest BCUT2D eigenvalue weighted by molar-refractivity contribution is 8.15. The molecule has 0 aromatic heterocycles. The molecule has 1 saturated carbocycles. The zero-order valence-corrected chi connectivity index (χ0v) is 15.7. The molecular formula is C18H23N3O4S. The van der Waals surface area contributed by atoms with Crippen LogP contribution in [0.1, 0.15) is 32.1 Å². The number of thioether (sulfide) groups is 1. The van der Waals surface area contributed by atoms with Gasteiger partial charge in [0, 0.05) is 18.2 Å². The normalized spacial score (nSPS) is 21.7. The van der Waals surface area contributed by atoms with E-state index in [0.29, 0.717) is 28.4 Å². The van der Waals surface area contributed by atoms with Crippen molar-refractivity contribution < 1.29 is 19.1 Å². The van der Waals surface area contributed by atoms with Gasteiger partial charge in [-0.1, -0.05) is 24.6 Å². The Morgan fingerprint density at radius 3 is 2.69 bits per heavy atom. The highest BCUT2D eigenvalue weighted by atomic mass is 32.2. The van der Waals surface area contributed by atoms with Crippen LogP contribution in [0.3, 0.4) is 0 Å². The first kappa shape index (κ1) is 18.6. The summed E-state index contributed by atoms with van der Waals surface area (Å²) in [6.07, 6.45) is 4.62. The Balaban J connectivity index is 1.57. The lowest BCUT2D eigenvalue weighted by Crippen LogP contribution is -2.28. The molecular weight excluding hydrogens is 354 g/mol. The van der Waals surface area contributed by atoms with E-state index in [1.165, 1.54) is 31.7 Å². The van der Waals surface area contributed by atoms with Crippen molar-refractivity contribution in [2.24, 2.45) is 4.99 Å². The third-order valence-corrected chi connectivity index (χ3v) is 5.54. The summed E-state index contributed by atoms with van der Waals surface area (Å²) >= 11 is 1.34. The average Bonchev–Trinajstić information content (AvgIpc) is 3.25. The van der Waals surface area contributed by atoms with Crippen LogP contribution in [0.5, 0.6) is 11.5 Å². The highest BCUT2D eigenvalue weighted by Crippen LogP contribution is 2.30. The van der Waals surface area contributed by atoms with Gasteiger partial charge < -0.3 is 20.1 Å². The zero-order chi connectivity index (χ0) is 18.5. The number of anilines is 1. The molecule has 2 fully saturated rings. The van der Waals surface area contributed by atoms with Crippen molar-refractivity contribution in [2.45, 2.75) is 43.4 Å². The Hall–Kier alpha value is -2.22. The van der Waals surface area contributed by atoms with Crippen LogP contribution in [-0.2, 0) is 9.59 Å². The predicted octanol–water partition coefficient (Wildman–Crippen LogP) is 2.56. The summed E-state index contributed by atoms with van der Waals surface area (Å²) in [6.45, 7) is 0. The van der Waals surface area contributed by atoms with E-state index in [2.05, 4.69) is 15.6 Å². The van der Waals surface area contributed by atoms with Crippen LogP contribution in [0.25, 0.3) is 0 Å². The third-order valence-electron chi connectivity index (χ3n) is 4.44. The first-order valence-electron chi connectivity index (χ1n) is 8.66. The van der Waals surface area contributed by atoms with Gasteiger partial charge in [0.15, 0.2) is 16.7 Å². The number of methoxy groups -OCH3 is 2. The van der Waals surface area contributed by atoms with Gasteiger partial charge in [-0.25, -0.2) is 0 Å². The van der Waals surface area contributed by atoms with Crippen LogP contribution >= 0.6 is 11.8 Å². The molecule has 7 nitrogen and oxygen atoms in total. The summed E-state index contributed by atoms with van der Waals surface area (Å²) in [6, 6.07) is 5.44. The Kier molecular flexibility index (Phi) is 6.03. The van der Waals surface area contributed by atoms with Crippen LogP contribution in [-0.4, -0.2) is 42.5 Å². The van der Waals surface area contributed by atoms with E-state index in [1.807, 2.05) is 0 Å². The van der Waals surface area contributed by atoms with Crippen molar-refractivity contribution in [3.8, 4) is 11.5 Å². The van der Waals surface area contributed by atoms with Crippen LogP contribution < -0.4 is 20.1 Å². The molecule has 140 valence electrons. The average molecular weight is 377 g/mol. The van der Waals surface area contributed by atoms with Crippen molar-refractivity contribution in [2.75, 3.05) is 19.5 Å². The molecule has 0 spiro atoms. The first-order valence-corrected chi connectivity index (χ1v) is 9.54. The number of carbonyl (C=O) groups is 2. The van der Waals surface area contributed by atoms with Gasteiger partial charge >= 0.3 is 0 Å². The lowest BCUT2D eigenvalue weighted by molar-refractivity contribution is -0.122. The fourth-order valence-corrected chi connectivity index (χ4v) is 4.13. The number of hydrogen-bond acceptors (Lipinski definition) is 6. The zero-order valence-electron chi connectivity index (χ0n) is 14.9. The summed E-state index contributed by atoms with van der Waals surface area (Å²) in [4.78, 5) is 29.0. The molecule has 3 rings (SSSR count). The van der Waals surface area contributed by atoms with Gasteiger partial charge in [0.1, 0.15) is 5.25 Å². The monoisotopic (exact) mass is 377 g/mol. The Labute approximate surface area is 156 Å². The molecule has 1 saturated heterocycles. The Bertz CT molecular complexity index is 716. The molecule has 1 aliphatic carbocycles. The number of ether oxygens (including phenoxy) is 2. The summed E-state index contributed by atoms with van der Waals surface area (Å²) in [5.41, 5.74) is 0.593. The van der Waals surface area contributed by atoms with Crippen LogP contribution in [0.4, 0.5) is 5.69 Å². The predicted molar refractivity (Wildman–Crippen MR) is 102 cm³/mol. The summed E-state index contributed by atoms with van der Waals surface area (Å²) in [5, 5.41) is 5.78.